The van der Waals surface area contributed by atoms with E-state index in [4.69, 9.17) is 9.47 Å². The number of hydrogen-bond donors (Lipinski definition) is 0. The zero-order valence-corrected chi connectivity index (χ0v) is 12.0. The Balaban J connectivity index is 2.48. The fraction of sp³-hybridized carbons (Fsp3) is 0.467. The molecule has 108 valence electrons. The van der Waals surface area contributed by atoms with E-state index in [2.05, 4.69) is 0 Å². The highest BCUT2D eigenvalue weighted by atomic mass is 16.6. The molecular weight excluding hydrogens is 258 g/mol. The SMILES string of the molecule is CC/C(=C\c1cc(OC)c(C2CC2)cc1OC)[N+](=O)[O-]. The maximum atomic E-state index is 10.9. The van der Waals surface area contributed by atoms with Gasteiger partial charge in [-0.1, -0.05) is 6.92 Å². The molecule has 0 spiro atoms. The van der Waals surface area contributed by atoms with Gasteiger partial charge in [-0.2, -0.15) is 0 Å². The lowest BCUT2D eigenvalue weighted by atomic mass is 10.0. The van der Waals surface area contributed by atoms with Crippen LogP contribution in [0.3, 0.4) is 0 Å². The van der Waals surface area contributed by atoms with Gasteiger partial charge in [0.2, 0.25) is 5.70 Å². The molecule has 20 heavy (non-hydrogen) atoms. The minimum absolute atomic E-state index is 0.157. The quantitative estimate of drug-likeness (QED) is 0.588. The second-order valence-corrected chi connectivity index (χ2v) is 4.86. The minimum atomic E-state index is -0.360. The lowest BCUT2D eigenvalue weighted by molar-refractivity contribution is -0.425. The zero-order chi connectivity index (χ0) is 14.7. The molecule has 1 aliphatic carbocycles. The number of allylic oxidation sites excluding steroid dienone is 1. The van der Waals surface area contributed by atoms with Gasteiger partial charge in [-0.15, -0.1) is 0 Å². The van der Waals surface area contributed by atoms with Gasteiger partial charge in [0, 0.05) is 23.6 Å². The first-order chi connectivity index (χ1) is 9.60. The monoisotopic (exact) mass is 277 g/mol. The van der Waals surface area contributed by atoms with Crippen molar-refractivity contribution >= 4 is 6.08 Å². The maximum absolute atomic E-state index is 10.9. The predicted molar refractivity (Wildman–Crippen MR) is 76.8 cm³/mol. The van der Waals surface area contributed by atoms with Crippen molar-refractivity contribution < 1.29 is 14.4 Å². The van der Waals surface area contributed by atoms with Crippen LogP contribution in [0.1, 0.15) is 43.2 Å². The second-order valence-electron chi connectivity index (χ2n) is 4.86. The summed E-state index contributed by atoms with van der Waals surface area (Å²) in [5.74, 6) is 1.96. The van der Waals surface area contributed by atoms with Crippen molar-refractivity contribution in [1.29, 1.82) is 0 Å². The number of nitro groups is 1. The summed E-state index contributed by atoms with van der Waals surface area (Å²) in [4.78, 5) is 10.6. The largest absolute Gasteiger partial charge is 0.496 e. The van der Waals surface area contributed by atoms with Gasteiger partial charge in [-0.05, 0) is 30.9 Å². The topological polar surface area (TPSA) is 61.6 Å². The Bertz CT molecular complexity index is 547. The molecular formula is C15H19NO4. The molecule has 0 bridgehead atoms. The number of ether oxygens (including phenoxy) is 2. The maximum Gasteiger partial charge on any atom is 0.246 e. The lowest BCUT2D eigenvalue weighted by Gasteiger charge is -2.12. The summed E-state index contributed by atoms with van der Waals surface area (Å²) in [6, 6.07) is 3.77. The zero-order valence-electron chi connectivity index (χ0n) is 12.0. The van der Waals surface area contributed by atoms with Gasteiger partial charge in [0.25, 0.3) is 0 Å². The van der Waals surface area contributed by atoms with Crippen LogP contribution in [0.25, 0.3) is 6.08 Å². The first kappa shape index (κ1) is 14.4. The predicted octanol–water partition coefficient (Wildman–Crippen LogP) is 3.61. The molecule has 1 aromatic rings. The molecule has 5 nitrogen and oxygen atoms in total. The smallest absolute Gasteiger partial charge is 0.246 e. The molecule has 0 radical (unpaired) electrons. The Hall–Kier alpha value is -2.04. The number of rotatable bonds is 6. The highest BCUT2D eigenvalue weighted by Gasteiger charge is 2.28. The molecule has 0 aromatic heterocycles. The van der Waals surface area contributed by atoms with Gasteiger partial charge in [0.15, 0.2) is 0 Å². The van der Waals surface area contributed by atoms with Crippen LogP contribution in [0.15, 0.2) is 17.8 Å². The van der Waals surface area contributed by atoms with Crippen molar-refractivity contribution in [2.24, 2.45) is 0 Å². The molecule has 0 heterocycles. The third-order valence-corrected chi connectivity index (χ3v) is 3.52. The Kier molecular flexibility index (Phi) is 4.27. The summed E-state index contributed by atoms with van der Waals surface area (Å²) in [5, 5.41) is 10.9. The molecule has 5 heteroatoms. The standard InChI is InChI=1S/C15H19NO4/c1-4-12(16(17)18)7-11-8-15(20-3)13(10-5-6-10)9-14(11)19-2/h7-10H,4-6H2,1-3H3/b12-7+. The van der Waals surface area contributed by atoms with Crippen molar-refractivity contribution in [2.75, 3.05) is 14.2 Å². The van der Waals surface area contributed by atoms with Gasteiger partial charge in [0.1, 0.15) is 11.5 Å². The summed E-state index contributed by atoms with van der Waals surface area (Å²) in [7, 11) is 3.20. The van der Waals surface area contributed by atoms with E-state index in [-0.39, 0.29) is 10.6 Å². The first-order valence-corrected chi connectivity index (χ1v) is 6.71. The summed E-state index contributed by atoms with van der Waals surface area (Å²) < 4.78 is 10.8. The van der Waals surface area contributed by atoms with Crippen LogP contribution in [0.2, 0.25) is 0 Å². The second kappa shape index (κ2) is 5.94. The highest BCUT2D eigenvalue weighted by molar-refractivity contribution is 5.63. The van der Waals surface area contributed by atoms with E-state index in [1.165, 1.54) is 0 Å². The Labute approximate surface area is 118 Å². The van der Waals surface area contributed by atoms with Crippen molar-refractivity contribution in [3.8, 4) is 11.5 Å². The number of methoxy groups -OCH3 is 2. The molecule has 0 atom stereocenters. The molecule has 0 saturated heterocycles. The molecule has 1 fully saturated rings. The molecule has 0 aliphatic heterocycles. The third-order valence-electron chi connectivity index (χ3n) is 3.52. The van der Waals surface area contributed by atoms with Crippen LogP contribution in [0.4, 0.5) is 0 Å². The van der Waals surface area contributed by atoms with Crippen LogP contribution in [-0.2, 0) is 0 Å². The van der Waals surface area contributed by atoms with Crippen molar-refractivity contribution in [1.82, 2.24) is 0 Å². The van der Waals surface area contributed by atoms with Crippen LogP contribution >= 0.6 is 0 Å². The molecule has 1 aromatic carbocycles. The van der Waals surface area contributed by atoms with Crippen molar-refractivity contribution in [3.63, 3.8) is 0 Å². The molecule has 0 amide bonds. The minimum Gasteiger partial charge on any atom is -0.496 e. The van der Waals surface area contributed by atoms with Crippen molar-refractivity contribution in [2.45, 2.75) is 32.1 Å². The van der Waals surface area contributed by atoms with E-state index in [1.54, 1.807) is 27.2 Å². The van der Waals surface area contributed by atoms with E-state index in [0.29, 0.717) is 23.7 Å². The van der Waals surface area contributed by atoms with Gasteiger partial charge in [0.05, 0.1) is 19.1 Å². The average Bonchev–Trinajstić information content (AvgIpc) is 3.27. The Morgan fingerprint density at radius 3 is 2.45 bits per heavy atom. The third kappa shape index (κ3) is 2.92. The lowest BCUT2D eigenvalue weighted by Crippen LogP contribution is -1.99. The summed E-state index contributed by atoms with van der Waals surface area (Å²) >= 11 is 0. The van der Waals surface area contributed by atoms with Crippen LogP contribution in [0.5, 0.6) is 11.5 Å². The average molecular weight is 277 g/mol. The van der Waals surface area contributed by atoms with Gasteiger partial charge >= 0.3 is 0 Å². The Morgan fingerprint density at radius 1 is 1.35 bits per heavy atom. The van der Waals surface area contributed by atoms with Gasteiger partial charge in [-0.3, -0.25) is 10.1 Å². The fourth-order valence-corrected chi connectivity index (χ4v) is 2.23. The molecule has 1 aliphatic rings. The first-order valence-electron chi connectivity index (χ1n) is 6.71. The van der Waals surface area contributed by atoms with Gasteiger partial charge < -0.3 is 9.47 Å². The molecule has 0 unspecified atom stereocenters. The van der Waals surface area contributed by atoms with E-state index < -0.39 is 0 Å². The molecule has 1 saturated carbocycles. The number of hydrogen-bond acceptors (Lipinski definition) is 4. The Morgan fingerprint density at radius 2 is 2.00 bits per heavy atom. The van der Waals surface area contributed by atoms with E-state index in [9.17, 15) is 10.1 Å². The van der Waals surface area contributed by atoms with Gasteiger partial charge in [-0.25, -0.2) is 0 Å². The summed E-state index contributed by atoms with van der Waals surface area (Å²) in [5.41, 5.74) is 1.97. The number of nitrogens with zero attached hydrogens (tertiary/aromatic N) is 1. The normalized spacial score (nSPS) is 15.1. The van der Waals surface area contributed by atoms with Crippen LogP contribution < -0.4 is 9.47 Å². The number of benzene rings is 1. The van der Waals surface area contributed by atoms with E-state index in [1.807, 2.05) is 12.1 Å². The van der Waals surface area contributed by atoms with Crippen molar-refractivity contribution in [3.05, 3.63) is 39.1 Å². The van der Waals surface area contributed by atoms with E-state index >= 15 is 0 Å². The molecule has 0 N–H and O–H groups in total. The van der Waals surface area contributed by atoms with E-state index in [0.717, 1.165) is 24.2 Å². The summed E-state index contributed by atoms with van der Waals surface area (Å²) in [6.07, 6.45) is 4.23. The highest BCUT2D eigenvalue weighted by Crippen LogP contribution is 2.46. The molecule has 2 rings (SSSR count). The summed E-state index contributed by atoms with van der Waals surface area (Å²) in [6.45, 7) is 1.76. The van der Waals surface area contributed by atoms with Crippen LogP contribution in [0, 0.1) is 10.1 Å². The fourth-order valence-electron chi connectivity index (χ4n) is 2.23. The van der Waals surface area contributed by atoms with Crippen LogP contribution in [-0.4, -0.2) is 19.1 Å².